The second-order valence-corrected chi connectivity index (χ2v) is 7.91. The van der Waals surface area contributed by atoms with Gasteiger partial charge in [-0.2, -0.15) is 11.3 Å². The summed E-state index contributed by atoms with van der Waals surface area (Å²) in [6.45, 7) is 4.81. The molecule has 1 aromatic carbocycles. The number of fused-ring (bicyclic) bond motifs is 1. The highest BCUT2D eigenvalue weighted by molar-refractivity contribution is 7.08. The molecule has 6 heteroatoms. The van der Waals surface area contributed by atoms with Gasteiger partial charge in [0.1, 0.15) is 11.3 Å². The van der Waals surface area contributed by atoms with Gasteiger partial charge in [0.15, 0.2) is 11.5 Å². The lowest BCUT2D eigenvalue weighted by Gasteiger charge is -2.30. The third-order valence-electron chi connectivity index (χ3n) is 5.20. The molecule has 1 aliphatic heterocycles. The second kappa shape index (κ2) is 6.94. The van der Waals surface area contributed by atoms with Crippen LogP contribution in [0.25, 0.3) is 22.6 Å². The van der Waals surface area contributed by atoms with Gasteiger partial charge in [0.25, 0.3) is 0 Å². The number of likely N-dealkylation sites (tertiary alicyclic amines) is 1. The molecule has 0 saturated carbocycles. The summed E-state index contributed by atoms with van der Waals surface area (Å²) in [7, 11) is 0. The van der Waals surface area contributed by atoms with E-state index in [1.54, 1.807) is 11.3 Å². The Hall–Kier alpha value is -2.44. The molecule has 0 N–H and O–H groups in total. The second-order valence-electron chi connectivity index (χ2n) is 7.13. The van der Waals surface area contributed by atoms with Gasteiger partial charge in [0.2, 0.25) is 5.89 Å². The van der Waals surface area contributed by atoms with Crippen molar-refractivity contribution in [1.82, 2.24) is 14.9 Å². The van der Waals surface area contributed by atoms with E-state index in [4.69, 9.17) is 18.8 Å². The van der Waals surface area contributed by atoms with Crippen LogP contribution in [0, 0.1) is 6.92 Å². The Morgan fingerprint density at radius 1 is 1.19 bits per heavy atom. The molecule has 1 unspecified atom stereocenters. The normalized spacial score (nSPS) is 18.3. The topological polar surface area (TPSA) is 55.3 Å². The van der Waals surface area contributed by atoms with Crippen molar-refractivity contribution in [3.63, 3.8) is 0 Å². The van der Waals surface area contributed by atoms with Crippen LogP contribution in [0.3, 0.4) is 0 Å². The number of hydrogen-bond donors (Lipinski definition) is 0. The first-order valence-electron chi connectivity index (χ1n) is 9.33. The number of thiophene rings is 1. The summed E-state index contributed by atoms with van der Waals surface area (Å²) in [5.74, 6) is 2.81. The predicted octanol–water partition coefficient (Wildman–Crippen LogP) is 5.23. The summed E-state index contributed by atoms with van der Waals surface area (Å²) in [6, 6.07) is 10.0. The Kier molecular flexibility index (Phi) is 4.30. The van der Waals surface area contributed by atoms with Gasteiger partial charge < -0.3 is 8.83 Å². The number of oxazole rings is 2. The van der Waals surface area contributed by atoms with Gasteiger partial charge in [-0.25, -0.2) is 9.97 Å². The first-order valence-corrected chi connectivity index (χ1v) is 10.3. The monoisotopic (exact) mass is 379 g/mol. The van der Waals surface area contributed by atoms with Crippen LogP contribution in [-0.4, -0.2) is 28.0 Å². The van der Waals surface area contributed by atoms with Crippen LogP contribution in [0.1, 0.15) is 36.1 Å². The van der Waals surface area contributed by atoms with Gasteiger partial charge in [-0.15, -0.1) is 0 Å². The van der Waals surface area contributed by atoms with E-state index in [1.165, 1.54) is 0 Å². The molecular weight excluding hydrogens is 358 g/mol. The molecule has 1 aliphatic rings. The molecule has 0 spiro atoms. The minimum Gasteiger partial charge on any atom is -0.441 e. The van der Waals surface area contributed by atoms with Crippen molar-refractivity contribution in [2.24, 2.45) is 0 Å². The van der Waals surface area contributed by atoms with E-state index < -0.39 is 0 Å². The molecule has 1 fully saturated rings. The predicted molar refractivity (Wildman–Crippen MR) is 106 cm³/mol. The molecule has 5 rings (SSSR count). The average molecular weight is 379 g/mol. The van der Waals surface area contributed by atoms with Gasteiger partial charge in [0, 0.05) is 30.0 Å². The summed E-state index contributed by atoms with van der Waals surface area (Å²) < 4.78 is 11.9. The molecule has 0 radical (unpaired) electrons. The van der Waals surface area contributed by atoms with E-state index in [9.17, 15) is 0 Å². The van der Waals surface area contributed by atoms with Crippen molar-refractivity contribution in [1.29, 1.82) is 0 Å². The summed E-state index contributed by atoms with van der Waals surface area (Å²) in [6.07, 6.45) is 2.25. The summed E-state index contributed by atoms with van der Waals surface area (Å²) in [4.78, 5) is 11.9. The fourth-order valence-corrected chi connectivity index (χ4v) is 4.39. The Labute approximate surface area is 161 Å². The molecule has 27 heavy (non-hydrogen) atoms. The standard InChI is InChI=1S/C21H21N3O2S/c1-14-18(23-21(25-14)16-8-10-27-13-16)12-24-9-4-5-15(11-24)20-22-17-6-2-3-7-19(17)26-20/h2-3,6-8,10,13,15H,4-5,9,11-12H2,1H3. The number of para-hydroxylation sites is 2. The van der Waals surface area contributed by atoms with E-state index >= 15 is 0 Å². The van der Waals surface area contributed by atoms with Crippen LogP contribution in [0.5, 0.6) is 0 Å². The lowest BCUT2D eigenvalue weighted by Crippen LogP contribution is -2.34. The van der Waals surface area contributed by atoms with E-state index in [2.05, 4.69) is 10.3 Å². The van der Waals surface area contributed by atoms with Crippen LogP contribution in [0.15, 0.2) is 49.9 Å². The molecule has 0 amide bonds. The zero-order valence-corrected chi connectivity index (χ0v) is 16.0. The Balaban J connectivity index is 1.33. The van der Waals surface area contributed by atoms with Crippen LogP contribution < -0.4 is 0 Å². The molecule has 0 aliphatic carbocycles. The van der Waals surface area contributed by atoms with Gasteiger partial charge >= 0.3 is 0 Å². The zero-order valence-electron chi connectivity index (χ0n) is 15.2. The maximum absolute atomic E-state index is 6.01. The van der Waals surface area contributed by atoms with Crippen molar-refractivity contribution in [3.8, 4) is 11.5 Å². The molecule has 1 saturated heterocycles. The largest absolute Gasteiger partial charge is 0.441 e. The lowest BCUT2D eigenvalue weighted by atomic mass is 9.98. The smallest absolute Gasteiger partial charge is 0.227 e. The number of rotatable bonds is 4. The summed E-state index contributed by atoms with van der Waals surface area (Å²) >= 11 is 1.66. The Bertz CT molecular complexity index is 1020. The molecule has 138 valence electrons. The molecule has 4 aromatic rings. The fourth-order valence-electron chi connectivity index (χ4n) is 3.76. The molecule has 4 heterocycles. The van der Waals surface area contributed by atoms with Crippen molar-refractivity contribution in [2.45, 2.75) is 32.2 Å². The summed E-state index contributed by atoms with van der Waals surface area (Å²) in [5.41, 5.74) is 3.89. The lowest BCUT2D eigenvalue weighted by molar-refractivity contribution is 0.185. The van der Waals surface area contributed by atoms with Gasteiger partial charge in [-0.3, -0.25) is 4.90 Å². The van der Waals surface area contributed by atoms with Crippen LogP contribution in [-0.2, 0) is 6.54 Å². The SMILES string of the molecule is Cc1oc(-c2ccsc2)nc1CN1CCCC(c2nc3ccccc3o2)C1. The first kappa shape index (κ1) is 16.7. The van der Waals surface area contributed by atoms with Crippen molar-refractivity contribution in [3.05, 3.63) is 58.4 Å². The Morgan fingerprint density at radius 2 is 2.11 bits per heavy atom. The highest BCUT2D eigenvalue weighted by atomic mass is 32.1. The average Bonchev–Trinajstić information content (AvgIpc) is 3.42. The third kappa shape index (κ3) is 3.31. The number of piperidine rings is 1. The van der Waals surface area contributed by atoms with Crippen molar-refractivity contribution in [2.75, 3.05) is 13.1 Å². The van der Waals surface area contributed by atoms with E-state index in [0.29, 0.717) is 5.92 Å². The third-order valence-corrected chi connectivity index (χ3v) is 5.88. The number of hydrogen-bond acceptors (Lipinski definition) is 6. The maximum Gasteiger partial charge on any atom is 0.227 e. The van der Waals surface area contributed by atoms with Crippen molar-refractivity contribution < 1.29 is 8.83 Å². The maximum atomic E-state index is 6.01. The van der Waals surface area contributed by atoms with Crippen molar-refractivity contribution >= 4 is 22.4 Å². The van der Waals surface area contributed by atoms with E-state index in [0.717, 1.165) is 72.4 Å². The highest BCUT2D eigenvalue weighted by Crippen LogP contribution is 2.30. The van der Waals surface area contributed by atoms with E-state index in [1.807, 2.05) is 42.6 Å². The minimum atomic E-state index is 0.328. The Morgan fingerprint density at radius 3 is 2.96 bits per heavy atom. The minimum absolute atomic E-state index is 0.328. The number of benzene rings is 1. The van der Waals surface area contributed by atoms with Crippen LogP contribution in [0.4, 0.5) is 0 Å². The molecule has 1 atom stereocenters. The number of nitrogens with zero attached hydrogens (tertiary/aromatic N) is 3. The number of aromatic nitrogens is 2. The molecule has 3 aromatic heterocycles. The molecule has 5 nitrogen and oxygen atoms in total. The van der Waals surface area contributed by atoms with Gasteiger partial charge in [-0.05, 0) is 49.9 Å². The first-order chi connectivity index (χ1) is 13.3. The quantitative estimate of drug-likeness (QED) is 0.486. The molecule has 0 bridgehead atoms. The molecular formula is C21H21N3O2S. The highest BCUT2D eigenvalue weighted by Gasteiger charge is 2.26. The van der Waals surface area contributed by atoms with Crippen LogP contribution >= 0.6 is 11.3 Å². The van der Waals surface area contributed by atoms with Crippen LogP contribution in [0.2, 0.25) is 0 Å². The van der Waals surface area contributed by atoms with E-state index in [-0.39, 0.29) is 0 Å². The zero-order chi connectivity index (χ0) is 18.2. The summed E-state index contributed by atoms with van der Waals surface area (Å²) in [5, 5.41) is 4.11. The number of aryl methyl sites for hydroxylation is 1. The van der Waals surface area contributed by atoms with Gasteiger partial charge in [-0.1, -0.05) is 12.1 Å². The van der Waals surface area contributed by atoms with Gasteiger partial charge in [0.05, 0.1) is 5.69 Å². The fraction of sp³-hybridized carbons (Fsp3) is 0.333.